The topological polar surface area (TPSA) is 26.0 Å². The standard InChI is InChI=1S/C25H27NO/c1-15(2)10-18-6-7-22-19(12-18)8-9-26-24(22)23-14-20(16(3)4)13-21-11-17(5)27-25(21)23/h6-9,11-16H,10H2,1-5H3. The van der Waals surface area contributed by atoms with Crippen molar-refractivity contribution in [1.29, 1.82) is 0 Å². The van der Waals surface area contributed by atoms with E-state index in [1.807, 2.05) is 13.1 Å². The summed E-state index contributed by atoms with van der Waals surface area (Å²) in [5, 5.41) is 3.58. The molecule has 2 heterocycles. The Morgan fingerprint density at radius 3 is 2.48 bits per heavy atom. The Kier molecular flexibility index (Phi) is 4.51. The number of benzene rings is 2. The first-order valence-corrected chi connectivity index (χ1v) is 9.84. The van der Waals surface area contributed by atoms with E-state index in [0.717, 1.165) is 34.4 Å². The molecule has 0 radical (unpaired) electrons. The van der Waals surface area contributed by atoms with Crippen molar-refractivity contribution in [2.45, 2.75) is 47.0 Å². The monoisotopic (exact) mass is 357 g/mol. The highest BCUT2D eigenvalue weighted by Crippen LogP contribution is 2.36. The van der Waals surface area contributed by atoms with Gasteiger partial charge in [-0.15, -0.1) is 0 Å². The number of nitrogens with zero attached hydrogens (tertiary/aromatic N) is 1. The van der Waals surface area contributed by atoms with Crippen LogP contribution in [-0.4, -0.2) is 4.98 Å². The lowest BCUT2D eigenvalue weighted by molar-refractivity contribution is 0.579. The van der Waals surface area contributed by atoms with Crippen molar-refractivity contribution in [3.8, 4) is 11.3 Å². The number of pyridine rings is 1. The molecule has 0 saturated heterocycles. The van der Waals surface area contributed by atoms with Crippen LogP contribution in [0.4, 0.5) is 0 Å². The van der Waals surface area contributed by atoms with E-state index in [9.17, 15) is 0 Å². The normalized spacial score (nSPS) is 12.0. The molecule has 4 rings (SSSR count). The Balaban J connectivity index is 1.96. The third-order valence-electron chi connectivity index (χ3n) is 5.16. The minimum absolute atomic E-state index is 0.455. The van der Waals surface area contributed by atoms with Gasteiger partial charge in [0.05, 0.1) is 5.69 Å². The van der Waals surface area contributed by atoms with Gasteiger partial charge in [0.2, 0.25) is 0 Å². The summed E-state index contributed by atoms with van der Waals surface area (Å²) in [5.41, 5.74) is 5.72. The Hall–Kier alpha value is -2.61. The number of hydrogen-bond acceptors (Lipinski definition) is 2. The summed E-state index contributed by atoms with van der Waals surface area (Å²) >= 11 is 0. The molecule has 0 unspecified atom stereocenters. The molecule has 0 fully saturated rings. The maximum Gasteiger partial charge on any atom is 0.143 e. The van der Waals surface area contributed by atoms with Crippen LogP contribution in [-0.2, 0) is 6.42 Å². The Labute approximate surface area is 161 Å². The SMILES string of the molecule is Cc1cc2cc(C(C)C)cc(-c3nccc4cc(CC(C)C)ccc34)c2o1. The summed E-state index contributed by atoms with van der Waals surface area (Å²) in [6.45, 7) is 11.0. The fourth-order valence-electron chi connectivity index (χ4n) is 3.85. The van der Waals surface area contributed by atoms with E-state index in [-0.39, 0.29) is 0 Å². The van der Waals surface area contributed by atoms with Gasteiger partial charge in [0.1, 0.15) is 11.3 Å². The zero-order valence-electron chi connectivity index (χ0n) is 16.8. The molecule has 0 aliphatic rings. The summed E-state index contributed by atoms with van der Waals surface area (Å²) in [7, 11) is 0. The van der Waals surface area contributed by atoms with E-state index < -0.39 is 0 Å². The molecule has 0 aliphatic heterocycles. The van der Waals surface area contributed by atoms with E-state index in [1.165, 1.54) is 21.9 Å². The largest absolute Gasteiger partial charge is 0.461 e. The van der Waals surface area contributed by atoms with Crippen LogP contribution in [0.3, 0.4) is 0 Å². The van der Waals surface area contributed by atoms with Crippen molar-refractivity contribution in [3.05, 3.63) is 65.5 Å². The molecular formula is C25H27NO. The van der Waals surface area contributed by atoms with Crippen LogP contribution in [0.15, 0.2) is 53.1 Å². The molecular weight excluding hydrogens is 330 g/mol. The number of furan rings is 1. The molecule has 2 nitrogen and oxygen atoms in total. The van der Waals surface area contributed by atoms with Gasteiger partial charge < -0.3 is 4.42 Å². The highest BCUT2D eigenvalue weighted by atomic mass is 16.3. The minimum Gasteiger partial charge on any atom is -0.461 e. The van der Waals surface area contributed by atoms with Crippen molar-refractivity contribution in [1.82, 2.24) is 4.98 Å². The predicted octanol–water partition coefficient (Wildman–Crippen LogP) is 7.28. The lowest BCUT2D eigenvalue weighted by Gasteiger charge is -2.12. The molecule has 0 N–H and O–H groups in total. The first-order chi connectivity index (χ1) is 12.9. The van der Waals surface area contributed by atoms with Gasteiger partial charge in [0, 0.05) is 22.5 Å². The molecule has 0 aliphatic carbocycles. The fourth-order valence-corrected chi connectivity index (χ4v) is 3.85. The summed E-state index contributed by atoms with van der Waals surface area (Å²) in [4.78, 5) is 4.77. The molecule has 138 valence electrons. The van der Waals surface area contributed by atoms with E-state index >= 15 is 0 Å². The smallest absolute Gasteiger partial charge is 0.143 e. The fraction of sp³-hybridized carbons (Fsp3) is 0.320. The van der Waals surface area contributed by atoms with Gasteiger partial charge in [0.15, 0.2) is 0 Å². The molecule has 0 saturated carbocycles. The number of aromatic nitrogens is 1. The summed E-state index contributed by atoms with van der Waals surface area (Å²) < 4.78 is 6.07. The first kappa shape index (κ1) is 17.8. The third kappa shape index (κ3) is 3.37. The number of rotatable bonds is 4. The Bertz CT molecular complexity index is 1120. The summed E-state index contributed by atoms with van der Waals surface area (Å²) in [6, 6.07) is 15.5. The average molecular weight is 357 g/mol. The number of aryl methyl sites for hydroxylation is 1. The molecule has 0 amide bonds. The summed E-state index contributed by atoms with van der Waals surface area (Å²) in [5.74, 6) is 2.04. The number of fused-ring (bicyclic) bond motifs is 2. The quantitative estimate of drug-likeness (QED) is 0.383. The van der Waals surface area contributed by atoms with Crippen LogP contribution in [0.25, 0.3) is 33.0 Å². The molecule has 2 aromatic heterocycles. The van der Waals surface area contributed by atoms with Crippen molar-refractivity contribution < 1.29 is 4.42 Å². The zero-order valence-corrected chi connectivity index (χ0v) is 16.8. The van der Waals surface area contributed by atoms with Gasteiger partial charge in [-0.3, -0.25) is 4.98 Å². The van der Waals surface area contributed by atoms with Crippen molar-refractivity contribution in [2.75, 3.05) is 0 Å². The second-order valence-corrected chi connectivity index (χ2v) is 8.31. The van der Waals surface area contributed by atoms with Crippen LogP contribution in [0.2, 0.25) is 0 Å². The van der Waals surface area contributed by atoms with Crippen molar-refractivity contribution in [2.24, 2.45) is 5.92 Å². The zero-order chi connectivity index (χ0) is 19.1. The number of hydrogen-bond donors (Lipinski definition) is 0. The molecule has 4 aromatic rings. The van der Waals surface area contributed by atoms with Gasteiger partial charge in [-0.1, -0.05) is 45.9 Å². The lowest BCUT2D eigenvalue weighted by Crippen LogP contribution is -1.95. The lowest BCUT2D eigenvalue weighted by atomic mass is 9.94. The van der Waals surface area contributed by atoms with E-state index in [2.05, 4.69) is 70.2 Å². The third-order valence-corrected chi connectivity index (χ3v) is 5.16. The van der Waals surface area contributed by atoms with Crippen LogP contribution in [0.5, 0.6) is 0 Å². The molecule has 2 aromatic carbocycles. The first-order valence-electron chi connectivity index (χ1n) is 9.84. The van der Waals surface area contributed by atoms with Crippen LogP contribution >= 0.6 is 0 Å². The van der Waals surface area contributed by atoms with Crippen molar-refractivity contribution >= 4 is 21.7 Å². The second-order valence-electron chi connectivity index (χ2n) is 8.31. The highest BCUT2D eigenvalue weighted by Gasteiger charge is 2.16. The average Bonchev–Trinajstić information content (AvgIpc) is 2.99. The van der Waals surface area contributed by atoms with Crippen LogP contribution in [0.1, 0.15) is 50.5 Å². The minimum atomic E-state index is 0.455. The summed E-state index contributed by atoms with van der Waals surface area (Å²) in [6.07, 6.45) is 3.01. The van der Waals surface area contributed by atoms with Crippen molar-refractivity contribution in [3.63, 3.8) is 0 Å². The van der Waals surface area contributed by atoms with Gasteiger partial charge in [-0.05, 0) is 66.0 Å². The van der Waals surface area contributed by atoms with Gasteiger partial charge in [-0.25, -0.2) is 0 Å². The second kappa shape index (κ2) is 6.84. The van der Waals surface area contributed by atoms with Gasteiger partial charge in [-0.2, -0.15) is 0 Å². The maximum atomic E-state index is 6.07. The molecule has 27 heavy (non-hydrogen) atoms. The van der Waals surface area contributed by atoms with Gasteiger partial charge in [0.25, 0.3) is 0 Å². The van der Waals surface area contributed by atoms with Gasteiger partial charge >= 0.3 is 0 Å². The predicted molar refractivity (Wildman–Crippen MR) is 114 cm³/mol. The van der Waals surface area contributed by atoms with Crippen LogP contribution < -0.4 is 0 Å². The van der Waals surface area contributed by atoms with E-state index in [0.29, 0.717) is 11.8 Å². The Morgan fingerprint density at radius 1 is 0.926 bits per heavy atom. The molecule has 2 heteroatoms. The highest BCUT2D eigenvalue weighted by molar-refractivity contribution is 6.02. The Morgan fingerprint density at radius 2 is 1.74 bits per heavy atom. The van der Waals surface area contributed by atoms with Crippen LogP contribution in [0, 0.1) is 12.8 Å². The molecule has 0 spiro atoms. The molecule has 0 bridgehead atoms. The maximum absolute atomic E-state index is 6.07. The molecule has 0 atom stereocenters. The van der Waals surface area contributed by atoms with E-state index in [1.54, 1.807) is 0 Å². The van der Waals surface area contributed by atoms with E-state index in [4.69, 9.17) is 9.40 Å².